The van der Waals surface area contributed by atoms with Crippen molar-refractivity contribution < 1.29 is 14.3 Å². The van der Waals surface area contributed by atoms with E-state index in [-0.39, 0.29) is 6.04 Å². The van der Waals surface area contributed by atoms with E-state index in [4.69, 9.17) is 15.5 Å². The van der Waals surface area contributed by atoms with Crippen molar-refractivity contribution in [3.8, 4) is 0 Å². The van der Waals surface area contributed by atoms with Gasteiger partial charge in [0, 0.05) is 12.5 Å². The Bertz CT molecular complexity index is 1380. The van der Waals surface area contributed by atoms with E-state index in [1.165, 1.54) is 15.9 Å². The van der Waals surface area contributed by atoms with Crippen LogP contribution in [0.25, 0.3) is 10.2 Å². The van der Waals surface area contributed by atoms with Crippen molar-refractivity contribution in [2.75, 3.05) is 43.9 Å². The number of likely N-dealkylation sites (tertiary alicyclic amines) is 2. The fourth-order valence-electron chi connectivity index (χ4n) is 5.98. The summed E-state index contributed by atoms with van der Waals surface area (Å²) in [6, 6.07) is 8.53. The van der Waals surface area contributed by atoms with Gasteiger partial charge in [-0.15, -0.1) is 11.3 Å². The van der Waals surface area contributed by atoms with E-state index in [0.717, 1.165) is 68.6 Å². The Labute approximate surface area is 232 Å². The van der Waals surface area contributed by atoms with Gasteiger partial charge >= 0.3 is 11.8 Å². The van der Waals surface area contributed by atoms with Gasteiger partial charge in [0.2, 0.25) is 0 Å². The van der Waals surface area contributed by atoms with E-state index in [0.29, 0.717) is 35.9 Å². The molecule has 3 aromatic rings. The number of pyridine rings is 1. The van der Waals surface area contributed by atoms with Crippen LogP contribution in [-0.2, 0) is 14.3 Å². The van der Waals surface area contributed by atoms with E-state index in [9.17, 15) is 9.59 Å². The maximum Gasteiger partial charge on any atom is 0.313 e. The maximum atomic E-state index is 13.4. The lowest BCUT2D eigenvalue weighted by molar-refractivity contribution is -0.146. The topological polar surface area (TPSA) is 114 Å². The fourth-order valence-corrected chi connectivity index (χ4v) is 7.10. The Kier molecular flexibility index (Phi) is 7.26. The largest absolute Gasteiger partial charge is 0.383 e. The lowest BCUT2D eigenvalue weighted by Gasteiger charge is -2.41. The highest BCUT2D eigenvalue weighted by Crippen LogP contribution is 2.38. The Hall–Kier alpha value is -3.08. The van der Waals surface area contributed by atoms with E-state index in [1.54, 1.807) is 22.3 Å². The molecule has 3 saturated heterocycles. The zero-order valence-electron chi connectivity index (χ0n) is 22.6. The summed E-state index contributed by atoms with van der Waals surface area (Å²) in [6.45, 7) is 8.43. The van der Waals surface area contributed by atoms with Crippen LogP contribution in [0.15, 0.2) is 30.5 Å². The van der Waals surface area contributed by atoms with Crippen molar-refractivity contribution in [3.63, 3.8) is 0 Å². The Morgan fingerprint density at radius 1 is 1.13 bits per heavy atom. The van der Waals surface area contributed by atoms with Crippen molar-refractivity contribution in [1.29, 1.82) is 0 Å². The molecule has 2 amide bonds. The molecule has 0 unspecified atom stereocenters. The fraction of sp³-hybridized carbons (Fsp3) is 0.517. The molecule has 3 fully saturated rings. The number of nitrogen functional groups attached to an aromatic ring is 1. The summed E-state index contributed by atoms with van der Waals surface area (Å²) in [4.78, 5) is 39.8. The van der Waals surface area contributed by atoms with Gasteiger partial charge < -0.3 is 20.7 Å². The summed E-state index contributed by atoms with van der Waals surface area (Å²) in [5.41, 5.74) is 9.03. The van der Waals surface area contributed by atoms with Crippen molar-refractivity contribution in [1.82, 2.24) is 19.8 Å². The molecule has 5 heterocycles. The molecule has 0 spiro atoms. The van der Waals surface area contributed by atoms with Crippen LogP contribution in [0.4, 0.5) is 11.5 Å². The molecule has 2 aromatic heterocycles. The quantitative estimate of drug-likeness (QED) is 0.472. The number of carbonyl (C=O) groups excluding carboxylic acids is 2. The van der Waals surface area contributed by atoms with Crippen molar-refractivity contribution in [2.24, 2.45) is 5.92 Å². The third-order valence-electron chi connectivity index (χ3n) is 8.48. The number of nitrogens with two attached hydrogens (primary N) is 1. The number of aromatic nitrogens is 2. The third-order valence-corrected chi connectivity index (χ3v) is 9.68. The predicted molar refractivity (Wildman–Crippen MR) is 153 cm³/mol. The average molecular weight is 549 g/mol. The molecule has 0 saturated carbocycles. The first-order chi connectivity index (χ1) is 18.9. The van der Waals surface area contributed by atoms with Gasteiger partial charge in [-0.1, -0.05) is 13.0 Å². The second-order valence-electron chi connectivity index (χ2n) is 11.3. The van der Waals surface area contributed by atoms with Gasteiger partial charge in [0.05, 0.1) is 52.4 Å². The average Bonchev–Trinajstić information content (AvgIpc) is 3.33. The Morgan fingerprint density at radius 2 is 1.92 bits per heavy atom. The minimum Gasteiger partial charge on any atom is -0.383 e. The molecular weight excluding hydrogens is 512 g/mol. The molecule has 2 atom stereocenters. The minimum atomic E-state index is -0.656. The number of carbonyl (C=O) groups is 2. The van der Waals surface area contributed by atoms with Gasteiger partial charge in [-0.2, -0.15) is 0 Å². The zero-order valence-corrected chi connectivity index (χ0v) is 23.4. The van der Waals surface area contributed by atoms with E-state index < -0.39 is 11.8 Å². The van der Waals surface area contributed by atoms with E-state index >= 15 is 0 Å². The highest BCUT2D eigenvalue weighted by Gasteiger charge is 2.35. The van der Waals surface area contributed by atoms with Gasteiger partial charge in [-0.25, -0.2) is 9.97 Å². The van der Waals surface area contributed by atoms with Crippen molar-refractivity contribution >= 4 is 44.9 Å². The first-order valence-corrected chi connectivity index (χ1v) is 14.7. The normalized spacial score (nSPS) is 23.1. The Balaban J connectivity index is 1.18. The van der Waals surface area contributed by atoms with Crippen LogP contribution in [0.5, 0.6) is 0 Å². The van der Waals surface area contributed by atoms with Crippen LogP contribution < -0.4 is 11.1 Å². The summed E-state index contributed by atoms with van der Waals surface area (Å²) >= 11 is 1.79. The van der Waals surface area contributed by atoms with E-state index in [2.05, 4.69) is 40.3 Å². The molecule has 3 aliphatic heterocycles. The molecule has 206 valence electrons. The molecule has 0 aliphatic carbocycles. The number of fused-ring (bicyclic) bond motifs is 1. The van der Waals surface area contributed by atoms with Crippen LogP contribution >= 0.6 is 11.3 Å². The number of benzene rings is 1. The van der Waals surface area contributed by atoms with Crippen molar-refractivity contribution in [2.45, 2.75) is 57.5 Å². The number of nitrogens with one attached hydrogen (secondary N) is 1. The summed E-state index contributed by atoms with van der Waals surface area (Å²) in [6.07, 6.45) is 5.55. The first-order valence-electron chi connectivity index (χ1n) is 13.9. The maximum absolute atomic E-state index is 13.4. The van der Waals surface area contributed by atoms with Gasteiger partial charge in [-0.3, -0.25) is 14.5 Å². The molecule has 6 rings (SSSR count). The zero-order chi connectivity index (χ0) is 27.1. The summed E-state index contributed by atoms with van der Waals surface area (Å²) < 4.78 is 6.55. The second-order valence-corrected chi connectivity index (χ2v) is 12.4. The molecule has 0 radical (unpaired) electrons. The Morgan fingerprint density at radius 3 is 2.64 bits per heavy atom. The lowest BCUT2D eigenvalue weighted by Crippen LogP contribution is -2.51. The van der Waals surface area contributed by atoms with Gasteiger partial charge in [0.25, 0.3) is 0 Å². The standard InChI is InChI=1S/C29H36N6O3S/c1-17-3-5-24(35(14-17)29(37)27(36)32-21-11-18(2)26(30)31-13-21)20-4-6-25-23(12-20)33-28(39-25)19-7-9-34(10-8-19)22-15-38-16-22/h4,6,11-13,17,19,22,24H,3,5,7-10,14-16H2,1-2H3,(H2,30,31)(H,32,36)/t17-,24+/m0/s1. The lowest BCUT2D eigenvalue weighted by atomic mass is 9.89. The monoisotopic (exact) mass is 548 g/mol. The summed E-state index contributed by atoms with van der Waals surface area (Å²) in [5.74, 6) is 0.0388. The van der Waals surface area contributed by atoms with Crippen LogP contribution in [0.3, 0.4) is 0 Å². The molecule has 9 nitrogen and oxygen atoms in total. The number of thiazole rings is 1. The van der Waals surface area contributed by atoms with Gasteiger partial charge in [-0.05, 0) is 80.9 Å². The van der Waals surface area contributed by atoms with Gasteiger partial charge in [0.1, 0.15) is 5.82 Å². The van der Waals surface area contributed by atoms with Crippen LogP contribution in [-0.4, -0.2) is 70.5 Å². The third kappa shape index (κ3) is 5.37. The summed E-state index contributed by atoms with van der Waals surface area (Å²) in [7, 11) is 0. The molecule has 3 aliphatic rings. The molecule has 1 aromatic carbocycles. The van der Waals surface area contributed by atoms with Gasteiger partial charge in [0.15, 0.2) is 0 Å². The smallest absolute Gasteiger partial charge is 0.313 e. The molecule has 3 N–H and O–H groups in total. The predicted octanol–water partition coefficient (Wildman–Crippen LogP) is 4.10. The highest BCUT2D eigenvalue weighted by molar-refractivity contribution is 7.18. The van der Waals surface area contributed by atoms with Crippen molar-refractivity contribution in [3.05, 3.63) is 46.6 Å². The highest BCUT2D eigenvalue weighted by atomic mass is 32.1. The molecule has 10 heteroatoms. The number of hydrogen-bond donors (Lipinski definition) is 2. The second kappa shape index (κ2) is 10.8. The number of rotatable bonds is 4. The number of amides is 2. The molecular formula is C29H36N6O3S. The first kappa shape index (κ1) is 26.2. The number of aryl methyl sites for hydroxylation is 1. The molecule has 39 heavy (non-hydrogen) atoms. The number of nitrogens with zero attached hydrogens (tertiary/aromatic N) is 4. The molecule has 0 bridgehead atoms. The van der Waals surface area contributed by atoms with E-state index in [1.807, 2.05) is 6.92 Å². The summed E-state index contributed by atoms with van der Waals surface area (Å²) in [5, 5.41) is 3.92. The minimum absolute atomic E-state index is 0.159. The van der Waals surface area contributed by atoms with Crippen LogP contribution in [0.1, 0.15) is 60.7 Å². The number of anilines is 2. The van der Waals surface area contributed by atoms with Crippen LogP contribution in [0, 0.1) is 12.8 Å². The number of hydrogen-bond acceptors (Lipinski definition) is 8. The van der Waals surface area contributed by atoms with Crippen LogP contribution in [0.2, 0.25) is 0 Å². The number of piperidine rings is 2. The number of ether oxygens (including phenoxy) is 1. The SMILES string of the molecule is Cc1cc(NC(=O)C(=O)N2C[C@@H](C)CC[C@@H]2c2ccc3sc(C4CCN(C5COC5)CC4)nc3c2)cnc1N.